The van der Waals surface area contributed by atoms with Crippen LogP contribution in [-0.2, 0) is 14.3 Å². The third-order valence-electron chi connectivity index (χ3n) is 2.55. The summed E-state index contributed by atoms with van der Waals surface area (Å²) in [7, 11) is 2.25. The van der Waals surface area contributed by atoms with Crippen LogP contribution in [0, 0.1) is 11.8 Å². The zero-order valence-corrected chi connectivity index (χ0v) is 11.3. The van der Waals surface area contributed by atoms with E-state index in [0.29, 0.717) is 6.61 Å². The lowest BCUT2D eigenvalue weighted by Crippen LogP contribution is -2.43. The van der Waals surface area contributed by atoms with E-state index in [1.54, 1.807) is 6.92 Å². The summed E-state index contributed by atoms with van der Waals surface area (Å²) in [4.78, 5) is 10.9. The van der Waals surface area contributed by atoms with E-state index < -0.39 is 19.5 Å². The van der Waals surface area contributed by atoms with Crippen molar-refractivity contribution in [2.24, 2.45) is 11.8 Å². The van der Waals surface area contributed by atoms with Gasteiger partial charge in [-0.1, -0.05) is 6.92 Å². The molecule has 0 spiro atoms. The number of hydrogen-bond donors (Lipinski definition) is 1. The lowest BCUT2D eigenvalue weighted by molar-refractivity contribution is -0.207. The molecule has 0 aliphatic carbocycles. The van der Waals surface area contributed by atoms with Crippen LogP contribution in [0.2, 0.25) is 0 Å². The Morgan fingerprint density at radius 3 is 2.73 bits per heavy atom. The maximum atomic E-state index is 10.9. The molecule has 6 heteroatoms. The molecule has 0 saturated carbocycles. The van der Waals surface area contributed by atoms with Gasteiger partial charge in [0.15, 0.2) is 6.03 Å². The number of rotatable bonds is 3. The number of carboxylic acid groups (broad SMARTS) is 1. The first-order chi connectivity index (χ1) is 6.93. The van der Waals surface area contributed by atoms with Crippen LogP contribution in [0.15, 0.2) is 0 Å². The van der Waals surface area contributed by atoms with Crippen LogP contribution in [0.25, 0.3) is 0 Å². The highest BCUT2D eigenvalue weighted by atomic mass is 32.0. The molecule has 15 heavy (non-hydrogen) atoms. The number of aliphatic carboxylic acids is 1. The first kappa shape index (κ1) is 13.3. The van der Waals surface area contributed by atoms with Gasteiger partial charge in [0.05, 0.1) is 18.6 Å². The summed E-state index contributed by atoms with van der Waals surface area (Å²) in [6.45, 7) is 6.25. The van der Waals surface area contributed by atoms with Gasteiger partial charge >= 0.3 is 5.97 Å². The van der Waals surface area contributed by atoms with Crippen molar-refractivity contribution in [2.75, 3.05) is 13.3 Å². The molecule has 1 saturated heterocycles. The van der Waals surface area contributed by atoms with Crippen LogP contribution in [0.4, 0.5) is 0 Å². The van der Waals surface area contributed by atoms with E-state index in [1.807, 2.05) is 13.6 Å². The summed E-state index contributed by atoms with van der Waals surface area (Å²) in [6.07, 6.45) is -0.244. The Labute approximate surface area is 93.6 Å². The molecule has 0 radical (unpaired) electrons. The minimum absolute atomic E-state index is 0.132. The van der Waals surface area contributed by atoms with E-state index in [9.17, 15) is 4.79 Å². The predicted molar refractivity (Wildman–Crippen MR) is 63.1 cm³/mol. The van der Waals surface area contributed by atoms with Gasteiger partial charge in [-0.05, 0) is 21.2 Å². The summed E-state index contributed by atoms with van der Waals surface area (Å²) in [5.74, 6) is -1.16. The third kappa shape index (κ3) is 3.35. The minimum atomic E-state index is -0.809. The van der Waals surface area contributed by atoms with Gasteiger partial charge in [-0.15, -0.1) is 8.93 Å². The van der Waals surface area contributed by atoms with Gasteiger partial charge in [0, 0.05) is 5.92 Å². The Hall–Kier alpha value is 0.250. The van der Waals surface area contributed by atoms with E-state index in [4.69, 9.17) is 14.6 Å². The largest absolute Gasteiger partial charge is 0.481 e. The van der Waals surface area contributed by atoms with Crippen LogP contribution in [0.1, 0.15) is 13.8 Å². The highest BCUT2D eigenvalue weighted by molar-refractivity contribution is 8.13. The Morgan fingerprint density at radius 1 is 1.67 bits per heavy atom. The number of ether oxygens (including phenoxy) is 2. The second-order valence-electron chi connectivity index (χ2n) is 4.01. The van der Waals surface area contributed by atoms with Crippen molar-refractivity contribution >= 4 is 22.5 Å². The zero-order chi connectivity index (χ0) is 11.6. The molecule has 6 atom stereocenters. The average Bonchev–Trinajstić information content (AvgIpc) is 2.16. The van der Waals surface area contributed by atoms with Gasteiger partial charge in [-0.3, -0.25) is 4.79 Å². The Kier molecular flexibility index (Phi) is 4.92. The molecule has 0 aromatic heterocycles. The highest BCUT2D eigenvalue weighted by Gasteiger charge is 2.36. The van der Waals surface area contributed by atoms with E-state index in [2.05, 4.69) is 8.93 Å². The molecular formula is C9H18O4P2. The van der Waals surface area contributed by atoms with Crippen molar-refractivity contribution in [1.82, 2.24) is 0 Å². The molecule has 0 bridgehead atoms. The topological polar surface area (TPSA) is 55.8 Å². The van der Waals surface area contributed by atoms with Crippen LogP contribution < -0.4 is 0 Å². The van der Waals surface area contributed by atoms with Crippen molar-refractivity contribution in [3.8, 4) is 0 Å². The Morgan fingerprint density at radius 2 is 2.27 bits per heavy atom. The molecule has 1 rings (SSSR count). The van der Waals surface area contributed by atoms with E-state index in [0.717, 1.165) is 0 Å². The molecule has 0 amide bonds. The van der Waals surface area contributed by atoms with Crippen molar-refractivity contribution in [3.63, 3.8) is 0 Å². The van der Waals surface area contributed by atoms with Gasteiger partial charge in [0.1, 0.15) is 0 Å². The quantitative estimate of drug-likeness (QED) is 0.780. The Balaban J connectivity index is 2.65. The first-order valence-electron chi connectivity index (χ1n) is 4.91. The molecule has 1 fully saturated rings. The maximum Gasteiger partial charge on any atom is 0.308 e. The van der Waals surface area contributed by atoms with Crippen molar-refractivity contribution in [3.05, 3.63) is 0 Å². The maximum absolute atomic E-state index is 10.9. The molecule has 4 nitrogen and oxygen atoms in total. The van der Waals surface area contributed by atoms with Crippen molar-refractivity contribution < 1.29 is 19.4 Å². The first-order valence-corrected chi connectivity index (χ1v) is 8.38. The standard InChI is InChI=1S/C9H18O4P2/c1-5-4-12-9(15(3)14)13-7(5)6(2)8(10)11/h5-7,9H,4,14H2,1-3H3,(H,10,11)/t5-,6+,7-,9?,15?/m0/s1. The normalized spacial score (nSPS) is 35.9. The third-order valence-corrected chi connectivity index (χ3v) is 4.22. The van der Waals surface area contributed by atoms with Crippen molar-refractivity contribution in [2.45, 2.75) is 26.0 Å². The van der Waals surface area contributed by atoms with Gasteiger partial charge in [0.2, 0.25) is 0 Å². The van der Waals surface area contributed by atoms with Gasteiger partial charge in [-0.2, -0.15) is 0 Å². The van der Waals surface area contributed by atoms with Crippen LogP contribution in [0.5, 0.6) is 0 Å². The molecule has 0 aromatic carbocycles. The summed E-state index contributed by atoms with van der Waals surface area (Å²) < 4.78 is 11.2. The molecule has 1 heterocycles. The van der Waals surface area contributed by atoms with Crippen molar-refractivity contribution in [1.29, 1.82) is 0 Å². The fourth-order valence-electron chi connectivity index (χ4n) is 1.60. The fraction of sp³-hybridized carbons (Fsp3) is 0.889. The number of carboxylic acids is 1. The van der Waals surface area contributed by atoms with E-state index in [1.165, 1.54) is 0 Å². The predicted octanol–water partition coefficient (Wildman–Crippen LogP) is 1.94. The van der Waals surface area contributed by atoms with E-state index in [-0.39, 0.29) is 18.1 Å². The number of hydrogen-bond acceptors (Lipinski definition) is 3. The highest BCUT2D eigenvalue weighted by Crippen LogP contribution is 2.49. The molecule has 1 N–H and O–H groups in total. The molecule has 1 aliphatic heterocycles. The lowest BCUT2D eigenvalue weighted by atomic mass is 9.93. The van der Waals surface area contributed by atoms with Gasteiger partial charge in [-0.25, -0.2) is 0 Å². The van der Waals surface area contributed by atoms with Gasteiger partial charge in [0.25, 0.3) is 0 Å². The fourth-order valence-corrected chi connectivity index (χ4v) is 2.72. The van der Waals surface area contributed by atoms with Gasteiger partial charge < -0.3 is 14.6 Å². The second-order valence-corrected chi connectivity index (χ2v) is 8.21. The lowest BCUT2D eigenvalue weighted by Gasteiger charge is -2.38. The van der Waals surface area contributed by atoms with Crippen LogP contribution in [-0.4, -0.2) is 36.5 Å². The monoisotopic (exact) mass is 252 g/mol. The second kappa shape index (κ2) is 5.54. The van der Waals surface area contributed by atoms with Crippen LogP contribution in [0.3, 0.4) is 0 Å². The average molecular weight is 252 g/mol. The van der Waals surface area contributed by atoms with E-state index >= 15 is 0 Å². The summed E-state index contributed by atoms with van der Waals surface area (Å²) in [5, 5.41) is 8.96. The molecule has 0 aromatic rings. The number of carbonyl (C=O) groups is 1. The SMILES string of the molecule is C[C@H]1COC(P(C)P)O[C@@H]1[C@@H](C)C(=O)O. The minimum Gasteiger partial charge on any atom is -0.481 e. The van der Waals surface area contributed by atoms with Crippen LogP contribution >= 0.6 is 16.5 Å². The summed E-state index contributed by atoms with van der Waals surface area (Å²) >= 11 is 0. The summed E-state index contributed by atoms with van der Waals surface area (Å²) in [5.41, 5.74) is 0. The molecule has 3 unspecified atom stereocenters. The smallest absolute Gasteiger partial charge is 0.308 e. The Bertz CT molecular complexity index is 234. The summed E-state index contributed by atoms with van der Waals surface area (Å²) in [6, 6.07) is -0.243. The molecular weight excluding hydrogens is 234 g/mol. The zero-order valence-electron chi connectivity index (χ0n) is 9.21. The molecule has 88 valence electrons. The molecule has 1 aliphatic rings.